The summed E-state index contributed by atoms with van der Waals surface area (Å²) in [5.41, 5.74) is 7.14. The zero-order valence-corrected chi connectivity index (χ0v) is 11.9. The van der Waals surface area contributed by atoms with Crippen LogP contribution >= 0.6 is 0 Å². The van der Waals surface area contributed by atoms with Crippen molar-refractivity contribution in [3.63, 3.8) is 0 Å². The highest BCUT2D eigenvalue weighted by atomic mass is 16.5. The van der Waals surface area contributed by atoms with Crippen molar-refractivity contribution in [2.24, 2.45) is 0 Å². The monoisotopic (exact) mass is 287 g/mol. The molecule has 1 aromatic heterocycles. The predicted molar refractivity (Wildman–Crippen MR) is 80.5 cm³/mol. The molecule has 110 valence electrons. The number of amides is 1. The second-order valence-corrected chi connectivity index (χ2v) is 4.40. The summed E-state index contributed by atoms with van der Waals surface area (Å²) in [6.07, 6.45) is 0. The molecule has 0 unspecified atom stereocenters. The lowest BCUT2D eigenvalue weighted by molar-refractivity contribution is -0.118. The second-order valence-electron chi connectivity index (χ2n) is 4.40. The lowest BCUT2D eigenvalue weighted by atomic mass is 10.3. The first-order chi connectivity index (χ1) is 10.1. The number of aromatic nitrogens is 1. The fraction of sp³-hybridized carbons (Fsp3) is 0.200. The molecule has 0 bridgehead atoms. The molecule has 2 aromatic rings. The highest BCUT2D eigenvalue weighted by molar-refractivity contribution is 5.92. The van der Waals surface area contributed by atoms with Crippen molar-refractivity contribution in [2.75, 3.05) is 24.8 Å². The Hall–Kier alpha value is -2.76. The van der Waals surface area contributed by atoms with E-state index in [4.69, 9.17) is 15.2 Å². The Morgan fingerprint density at radius 2 is 2.14 bits per heavy atom. The summed E-state index contributed by atoms with van der Waals surface area (Å²) in [5, 5.41) is 2.71. The molecule has 6 nitrogen and oxygen atoms in total. The van der Waals surface area contributed by atoms with Gasteiger partial charge < -0.3 is 20.5 Å². The van der Waals surface area contributed by atoms with Gasteiger partial charge in [0.15, 0.2) is 18.2 Å². The van der Waals surface area contributed by atoms with E-state index in [1.54, 1.807) is 43.5 Å². The quantitative estimate of drug-likeness (QED) is 0.878. The van der Waals surface area contributed by atoms with Crippen LogP contribution in [-0.4, -0.2) is 24.6 Å². The molecular weight excluding hydrogens is 270 g/mol. The Labute approximate surface area is 122 Å². The van der Waals surface area contributed by atoms with Crippen molar-refractivity contribution in [3.8, 4) is 11.5 Å². The van der Waals surface area contributed by atoms with Crippen LogP contribution < -0.4 is 20.5 Å². The normalized spacial score (nSPS) is 10.0. The maximum absolute atomic E-state index is 11.8. The maximum atomic E-state index is 11.8. The van der Waals surface area contributed by atoms with Gasteiger partial charge in [-0.15, -0.1) is 0 Å². The van der Waals surface area contributed by atoms with Crippen molar-refractivity contribution in [1.29, 1.82) is 0 Å². The number of methoxy groups -OCH3 is 1. The van der Waals surface area contributed by atoms with Gasteiger partial charge in [-0.25, -0.2) is 4.98 Å². The van der Waals surface area contributed by atoms with Crippen LogP contribution in [0.4, 0.5) is 11.5 Å². The van der Waals surface area contributed by atoms with Crippen molar-refractivity contribution in [1.82, 2.24) is 4.98 Å². The summed E-state index contributed by atoms with van der Waals surface area (Å²) >= 11 is 0. The fourth-order valence-corrected chi connectivity index (χ4v) is 1.73. The first-order valence-electron chi connectivity index (χ1n) is 6.38. The zero-order chi connectivity index (χ0) is 15.2. The Morgan fingerprint density at radius 3 is 2.86 bits per heavy atom. The van der Waals surface area contributed by atoms with E-state index in [1.165, 1.54) is 0 Å². The third kappa shape index (κ3) is 4.10. The third-order valence-electron chi connectivity index (χ3n) is 2.74. The molecule has 0 aliphatic heterocycles. The molecule has 21 heavy (non-hydrogen) atoms. The number of anilines is 2. The van der Waals surface area contributed by atoms with Crippen LogP contribution in [0.25, 0.3) is 0 Å². The molecule has 3 N–H and O–H groups in total. The van der Waals surface area contributed by atoms with Gasteiger partial charge in [0.25, 0.3) is 5.91 Å². The topological polar surface area (TPSA) is 86.5 Å². The minimum Gasteiger partial charge on any atom is -0.497 e. The van der Waals surface area contributed by atoms with Gasteiger partial charge in [-0.3, -0.25) is 4.79 Å². The number of aryl methyl sites for hydroxylation is 1. The highest BCUT2D eigenvalue weighted by Crippen LogP contribution is 2.19. The van der Waals surface area contributed by atoms with Gasteiger partial charge in [-0.2, -0.15) is 0 Å². The van der Waals surface area contributed by atoms with Crippen LogP contribution in [0.2, 0.25) is 0 Å². The molecule has 0 aliphatic carbocycles. The highest BCUT2D eigenvalue weighted by Gasteiger charge is 2.07. The Bertz CT molecular complexity index is 644. The van der Waals surface area contributed by atoms with Gasteiger partial charge in [0.2, 0.25) is 0 Å². The molecule has 6 heteroatoms. The summed E-state index contributed by atoms with van der Waals surface area (Å²) in [6, 6.07) is 10.5. The van der Waals surface area contributed by atoms with Crippen LogP contribution in [0.3, 0.4) is 0 Å². The van der Waals surface area contributed by atoms with Gasteiger partial charge in [0.1, 0.15) is 5.75 Å². The van der Waals surface area contributed by atoms with E-state index >= 15 is 0 Å². The van der Waals surface area contributed by atoms with Crippen LogP contribution in [0.15, 0.2) is 36.4 Å². The van der Waals surface area contributed by atoms with Crippen molar-refractivity contribution >= 4 is 17.4 Å². The summed E-state index contributed by atoms with van der Waals surface area (Å²) in [5.74, 6) is 1.04. The molecule has 1 aromatic carbocycles. The molecule has 2 rings (SSSR count). The Kier molecular flexibility index (Phi) is 4.61. The Morgan fingerprint density at radius 1 is 1.33 bits per heavy atom. The molecule has 0 saturated heterocycles. The molecule has 0 radical (unpaired) electrons. The summed E-state index contributed by atoms with van der Waals surface area (Å²) in [4.78, 5) is 15.9. The first kappa shape index (κ1) is 14.6. The van der Waals surface area contributed by atoms with Gasteiger partial charge in [0.05, 0.1) is 7.11 Å². The number of nitrogens with two attached hydrogens (primary N) is 1. The van der Waals surface area contributed by atoms with E-state index in [9.17, 15) is 4.79 Å². The number of benzene rings is 1. The summed E-state index contributed by atoms with van der Waals surface area (Å²) in [6.45, 7) is 1.68. The van der Waals surface area contributed by atoms with Crippen LogP contribution in [-0.2, 0) is 4.79 Å². The molecule has 1 amide bonds. The van der Waals surface area contributed by atoms with E-state index in [-0.39, 0.29) is 18.3 Å². The van der Waals surface area contributed by atoms with Gasteiger partial charge >= 0.3 is 0 Å². The molecule has 0 saturated carbocycles. The van der Waals surface area contributed by atoms with Gasteiger partial charge in [-0.1, -0.05) is 6.07 Å². The number of nitrogens with zero attached hydrogens (tertiary/aromatic N) is 1. The molecule has 0 spiro atoms. The number of carbonyl (C=O) groups excluding carboxylic acids is 1. The first-order valence-corrected chi connectivity index (χ1v) is 6.38. The zero-order valence-electron chi connectivity index (χ0n) is 11.9. The average Bonchev–Trinajstić information content (AvgIpc) is 2.46. The van der Waals surface area contributed by atoms with E-state index < -0.39 is 0 Å². The number of nitrogens with one attached hydrogen (secondary N) is 1. The lowest BCUT2D eigenvalue weighted by Crippen LogP contribution is -2.20. The number of hydrogen-bond donors (Lipinski definition) is 2. The SMILES string of the molecule is COc1cccc(NC(=O)COc2ccc(C)nc2N)c1. The predicted octanol–water partition coefficient (Wildman–Crippen LogP) is 2.00. The molecule has 0 aliphatic rings. The standard InChI is InChI=1S/C15H17N3O3/c1-10-6-7-13(15(16)17-10)21-9-14(19)18-11-4-3-5-12(8-11)20-2/h3-8H,9H2,1-2H3,(H2,16,17)(H,18,19). The third-order valence-corrected chi connectivity index (χ3v) is 2.74. The largest absolute Gasteiger partial charge is 0.497 e. The van der Waals surface area contributed by atoms with Crippen molar-refractivity contribution < 1.29 is 14.3 Å². The van der Waals surface area contributed by atoms with Crippen molar-refractivity contribution in [2.45, 2.75) is 6.92 Å². The van der Waals surface area contributed by atoms with Crippen LogP contribution in [0.5, 0.6) is 11.5 Å². The van der Waals surface area contributed by atoms with E-state index in [0.717, 1.165) is 5.69 Å². The number of carbonyl (C=O) groups is 1. The van der Waals surface area contributed by atoms with E-state index in [2.05, 4.69) is 10.3 Å². The smallest absolute Gasteiger partial charge is 0.262 e. The van der Waals surface area contributed by atoms with Crippen molar-refractivity contribution in [3.05, 3.63) is 42.1 Å². The van der Waals surface area contributed by atoms with Gasteiger partial charge in [-0.05, 0) is 31.2 Å². The number of ether oxygens (including phenoxy) is 2. The second kappa shape index (κ2) is 6.60. The number of pyridine rings is 1. The molecule has 0 atom stereocenters. The van der Waals surface area contributed by atoms with E-state index in [0.29, 0.717) is 17.2 Å². The van der Waals surface area contributed by atoms with Crippen LogP contribution in [0, 0.1) is 6.92 Å². The molecule has 0 fully saturated rings. The van der Waals surface area contributed by atoms with E-state index in [1.807, 2.05) is 6.92 Å². The average molecular weight is 287 g/mol. The van der Waals surface area contributed by atoms with Crippen LogP contribution in [0.1, 0.15) is 5.69 Å². The number of rotatable bonds is 5. The Balaban J connectivity index is 1.92. The summed E-state index contributed by atoms with van der Waals surface area (Å²) in [7, 11) is 1.57. The van der Waals surface area contributed by atoms with Gasteiger partial charge in [0, 0.05) is 17.4 Å². The maximum Gasteiger partial charge on any atom is 0.262 e. The molecular formula is C15H17N3O3. The number of hydrogen-bond acceptors (Lipinski definition) is 5. The fourth-order valence-electron chi connectivity index (χ4n) is 1.73. The molecule has 1 heterocycles. The number of nitrogen functional groups attached to an aromatic ring is 1. The minimum absolute atomic E-state index is 0.147. The summed E-state index contributed by atoms with van der Waals surface area (Å²) < 4.78 is 10.4. The lowest BCUT2D eigenvalue weighted by Gasteiger charge is -2.10. The minimum atomic E-state index is -0.289.